The molecule has 15 heavy (non-hydrogen) atoms. The fraction of sp³-hybridized carbons (Fsp3) is 0.300. The number of nitrogens with two attached hydrogens (primary N) is 1. The van der Waals surface area contributed by atoms with Crippen LogP contribution in [0.1, 0.15) is 5.56 Å². The molecule has 1 aromatic carbocycles. The van der Waals surface area contributed by atoms with Gasteiger partial charge in [0.1, 0.15) is 11.8 Å². The van der Waals surface area contributed by atoms with Gasteiger partial charge in [-0.05, 0) is 17.7 Å². The molecular weight excluding hydrogens is 262 g/mol. The van der Waals surface area contributed by atoms with Crippen LogP contribution in [0.2, 0.25) is 0 Å². The van der Waals surface area contributed by atoms with E-state index in [0.717, 1.165) is 10.0 Å². The van der Waals surface area contributed by atoms with Crippen molar-refractivity contribution < 1.29 is 14.6 Å². The first-order valence-electron chi connectivity index (χ1n) is 4.35. The zero-order chi connectivity index (χ0) is 11.4. The number of carbonyl (C=O) groups is 1. The molecular formula is C10H12BrNO3. The summed E-state index contributed by atoms with van der Waals surface area (Å²) in [5, 5.41) is 8.69. The molecule has 82 valence electrons. The fourth-order valence-electron chi connectivity index (χ4n) is 1.21. The normalized spacial score (nSPS) is 12.2. The van der Waals surface area contributed by atoms with Gasteiger partial charge in [-0.25, -0.2) is 0 Å². The average molecular weight is 274 g/mol. The number of carboxylic acids is 1. The van der Waals surface area contributed by atoms with E-state index in [0.29, 0.717) is 5.75 Å². The predicted molar refractivity (Wildman–Crippen MR) is 60.0 cm³/mol. The number of methoxy groups -OCH3 is 1. The summed E-state index contributed by atoms with van der Waals surface area (Å²) in [5.41, 5.74) is 6.23. The third-order valence-corrected chi connectivity index (χ3v) is 2.50. The zero-order valence-corrected chi connectivity index (χ0v) is 9.82. The highest BCUT2D eigenvalue weighted by atomic mass is 79.9. The Bertz CT molecular complexity index is 368. The molecule has 1 unspecified atom stereocenters. The second-order valence-corrected chi connectivity index (χ2v) is 4.02. The molecule has 0 bridgehead atoms. The van der Waals surface area contributed by atoms with Crippen LogP contribution in [-0.2, 0) is 11.2 Å². The molecule has 1 atom stereocenters. The minimum atomic E-state index is -1.01. The van der Waals surface area contributed by atoms with Gasteiger partial charge in [-0.1, -0.05) is 22.0 Å². The second kappa shape index (κ2) is 5.14. The van der Waals surface area contributed by atoms with Gasteiger partial charge in [-0.3, -0.25) is 4.79 Å². The van der Waals surface area contributed by atoms with E-state index in [4.69, 9.17) is 15.6 Å². The first-order chi connectivity index (χ1) is 7.04. The van der Waals surface area contributed by atoms with Crippen molar-refractivity contribution in [1.29, 1.82) is 0 Å². The molecule has 0 fully saturated rings. The van der Waals surface area contributed by atoms with E-state index < -0.39 is 12.0 Å². The van der Waals surface area contributed by atoms with Crippen LogP contribution in [-0.4, -0.2) is 24.2 Å². The van der Waals surface area contributed by atoms with Crippen molar-refractivity contribution in [3.63, 3.8) is 0 Å². The maximum absolute atomic E-state index is 10.6. The van der Waals surface area contributed by atoms with Crippen molar-refractivity contribution >= 4 is 21.9 Å². The molecule has 0 aliphatic heterocycles. The first-order valence-corrected chi connectivity index (χ1v) is 5.14. The van der Waals surface area contributed by atoms with Crippen LogP contribution in [0, 0.1) is 0 Å². The minimum absolute atomic E-state index is 0.256. The molecule has 4 nitrogen and oxygen atoms in total. The molecule has 5 heteroatoms. The number of hydrogen-bond donors (Lipinski definition) is 2. The maximum Gasteiger partial charge on any atom is 0.320 e. The lowest BCUT2D eigenvalue weighted by atomic mass is 10.1. The average Bonchev–Trinajstić information content (AvgIpc) is 2.20. The number of rotatable bonds is 4. The summed E-state index contributed by atoms with van der Waals surface area (Å²) in [5.74, 6) is -0.374. The molecule has 0 aliphatic rings. The van der Waals surface area contributed by atoms with Crippen LogP contribution in [0.15, 0.2) is 22.7 Å². The molecule has 0 heterocycles. The van der Waals surface area contributed by atoms with Crippen LogP contribution in [0.25, 0.3) is 0 Å². The lowest BCUT2D eigenvalue weighted by Crippen LogP contribution is -2.32. The summed E-state index contributed by atoms with van der Waals surface area (Å²) in [7, 11) is 1.54. The Morgan fingerprint density at radius 1 is 1.67 bits per heavy atom. The van der Waals surface area contributed by atoms with Gasteiger partial charge in [0.25, 0.3) is 0 Å². The van der Waals surface area contributed by atoms with Crippen LogP contribution in [0.3, 0.4) is 0 Å². The number of ether oxygens (including phenoxy) is 1. The van der Waals surface area contributed by atoms with E-state index in [2.05, 4.69) is 15.9 Å². The van der Waals surface area contributed by atoms with Crippen molar-refractivity contribution in [2.45, 2.75) is 12.5 Å². The van der Waals surface area contributed by atoms with Crippen molar-refractivity contribution in [2.75, 3.05) is 7.11 Å². The Hall–Kier alpha value is -1.07. The van der Waals surface area contributed by atoms with Gasteiger partial charge >= 0.3 is 5.97 Å². The van der Waals surface area contributed by atoms with E-state index in [1.807, 2.05) is 6.07 Å². The molecule has 0 amide bonds. The summed E-state index contributed by atoms with van der Waals surface area (Å²) in [6.45, 7) is 0. The molecule has 1 rings (SSSR count). The Morgan fingerprint density at radius 3 is 2.87 bits per heavy atom. The van der Waals surface area contributed by atoms with Gasteiger partial charge in [0, 0.05) is 10.9 Å². The monoisotopic (exact) mass is 273 g/mol. The Labute approximate surface area is 96.2 Å². The van der Waals surface area contributed by atoms with Crippen LogP contribution in [0.5, 0.6) is 5.75 Å². The van der Waals surface area contributed by atoms with E-state index in [1.165, 1.54) is 7.11 Å². The lowest BCUT2D eigenvalue weighted by Gasteiger charge is -2.11. The van der Waals surface area contributed by atoms with E-state index in [9.17, 15) is 4.79 Å². The number of halogens is 1. The van der Waals surface area contributed by atoms with Crippen LogP contribution in [0.4, 0.5) is 0 Å². The van der Waals surface area contributed by atoms with E-state index in [1.54, 1.807) is 12.1 Å². The highest BCUT2D eigenvalue weighted by Crippen LogP contribution is 2.24. The number of aliphatic carboxylic acids is 1. The largest absolute Gasteiger partial charge is 0.496 e. The van der Waals surface area contributed by atoms with Crippen LogP contribution < -0.4 is 10.5 Å². The molecule has 0 saturated heterocycles. The predicted octanol–water partition coefficient (Wildman–Crippen LogP) is 1.41. The number of hydrogen-bond acceptors (Lipinski definition) is 3. The quantitative estimate of drug-likeness (QED) is 0.870. The summed E-state index contributed by atoms with van der Waals surface area (Å²) in [6, 6.07) is 4.50. The third-order valence-electron chi connectivity index (χ3n) is 2.01. The molecule has 0 radical (unpaired) electrons. The Morgan fingerprint density at radius 2 is 2.33 bits per heavy atom. The van der Waals surface area contributed by atoms with Gasteiger partial charge in [0.15, 0.2) is 0 Å². The van der Waals surface area contributed by atoms with Crippen molar-refractivity contribution in [3.05, 3.63) is 28.2 Å². The molecule has 0 aliphatic carbocycles. The lowest BCUT2D eigenvalue weighted by molar-refractivity contribution is -0.138. The molecule has 0 spiro atoms. The third kappa shape index (κ3) is 3.21. The Balaban J connectivity index is 2.89. The summed E-state index contributed by atoms with van der Waals surface area (Å²) in [4.78, 5) is 10.6. The second-order valence-electron chi connectivity index (χ2n) is 3.11. The van der Waals surface area contributed by atoms with Crippen molar-refractivity contribution in [2.24, 2.45) is 5.73 Å². The molecule has 1 aromatic rings. The van der Waals surface area contributed by atoms with E-state index >= 15 is 0 Å². The van der Waals surface area contributed by atoms with E-state index in [-0.39, 0.29) is 6.42 Å². The first kappa shape index (κ1) is 12.0. The SMILES string of the molecule is COc1cc(Br)ccc1CC(N)C(=O)O. The number of carboxylic acid groups (broad SMARTS) is 1. The highest BCUT2D eigenvalue weighted by molar-refractivity contribution is 9.10. The fourth-order valence-corrected chi connectivity index (χ4v) is 1.55. The van der Waals surface area contributed by atoms with Gasteiger partial charge in [-0.2, -0.15) is 0 Å². The van der Waals surface area contributed by atoms with Gasteiger partial charge in [0.05, 0.1) is 7.11 Å². The standard InChI is InChI=1S/C10H12BrNO3/c1-15-9-5-7(11)3-2-6(9)4-8(12)10(13)14/h2-3,5,8H,4,12H2,1H3,(H,13,14). The van der Waals surface area contributed by atoms with Gasteiger partial charge in [-0.15, -0.1) is 0 Å². The Kier molecular flexibility index (Phi) is 4.11. The topological polar surface area (TPSA) is 72.5 Å². The number of benzene rings is 1. The van der Waals surface area contributed by atoms with Crippen molar-refractivity contribution in [1.82, 2.24) is 0 Å². The van der Waals surface area contributed by atoms with Crippen LogP contribution >= 0.6 is 15.9 Å². The summed E-state index contributed by atoms with van der Waals surface area (Å²) < 4.78 is 6.01. The maximum atomic E-state index is 10.6. The smallest absolute Gasteiger partial charge is 0.320 e. The molecule has 3 N–H and O–H groups in total. The molecule has 0 saturated carbocycles. The van der Waals surface area contributed by atoms with Gasteiger partial charge in [0.2, 0.25) is 0 Å². The molecule has 0 aromatic heterocycles. The zero-order valence-electron chi connectivity index (χ0n) is 8.24. The summed E-state index contributed by atoms with van der Waals surface area (Å²) >= 11 is 3.30. The highest BCUT2D eigenvalue weighted by Gasteiger charge is 2.14. The van der Waals surface area contributed by atoms with Gasteiger partial charge < -0.3 is 15.6 Å². The van der Waals surface area contributed by atoms with Crippen molar-refractivity contribution in [3.8, 4) is 5.75 Å². The summed E-state index contributed by atoms with van der Waals surface area (Å²) in [6.07, 6.45) is 0.256. The minimum Gasteiger partial charge on any atom is -0.496 e.